The fraction of sp³-hybridized carbons (Fsp3) is 0.300. The molecule has 0 spiro atoms. The molecule has 4 aromatic rings. The van der Waals surface area contributed by atoms with Gasteiger partial charge < -0.3 is 9.47 Å². The number of hydrogen-bond donors (Lipinski definition) is 0. The Morgan fingerprint density at radius 2 is 1.79 bits per heavy atom. The van der Waals surface area contributed by atoms with Crippen LogP contribution in [0.2, 0.25) is 0 Å². The third-order valence-corrected chi connectivity index (χ3v) is 7.13. The number of hydrogen-bond acceptors (Lipinski definition) is 9. The van der Waals surface area contributed by atoms with E-state index in [1.54, 1.807) is 37.3 Å². The molecule has 0 aliphatic heterocycles. The fourth-order valence-electron chi connectivity index (χ4n) is 5.14. The van der Waals surface area contributed by atoms with Crippen molar-refractivity contribution in [3.63, 3.8) is 0 Å². The Morgan fingerprint density at radius 3 is 2.52 bits per heavy atom. The molecule has 0 bridgehead atoms. The van der Waals surface area contributed by atoms with Crippen molar-refractivity contribution in [1.82, 2.24) is 9.66 Å². The smallest absolute Gasteiger partial charge is 0.315 e. The van der Waals surface area contributed by atoms with Crippen LogP contribution in [0.1, 0.15) is 61.9 Å². The first-order valence-corrected chi connectivity index (χ1v) is 13.7. The van der Waals surface area contributed by atoms with Gasteiger partial charge in [0.05, 0.1) is 33.6 Å². The lowest BCUT2D eigenvalue weighted by atomic mass is 9.88. The standard InChI is InChI=1S/C30H29N5O7/c1-2-41-27-17-21(16-26(35(39)40)28(27)42-19-20-9-8-12-23(15-20)34(37)38)18-31-33-29(22-10-4-3-5-11-22)32-25-14-7-6-13-24(25)30(33)36/h6-9,12-18,22H,2-5,10-11,19H2,1H3. The average Bonchev–Trinajstić information content (AvgIpc) is 3.00. The van der Waals surface area contributed by atoms with E-state index in [1.165, 1.54) is 35.2 Å². The van der Waals surface area contributed by atoms with Crippen LogP contribution < -0.4 is 15.0 Å². The number of nitro benzene ring substituents is 2. The molecule has 1 aliphatic carbocycles. The molecule has 42 heavy (non-hydrogen) atoms. The zero-order valence-corrected chi connectivity index (χ0v) is 23.0. The van der Waals surface area contributed by atoms with Crippen molar-refractivity contribution in [3.05, 3.63) is 108 Å². The minimum Gasteiger partial charge on any atom is -0.490 e. The number of nitro groups is 2. The summed E-state index contributed by atoms with van der Waals surface area (Å²) in [5.74, 6) is 0.644. The quantitative estimate of drug-likeness (QED) is 0.125. The summed E-state index contributed by atoms with van der Waals surface area (Å²) in [4.78, 5) is 40.4. The summed E-state index contributed by atoms with van der Waals surface area (Å²) in [5.41, 5.74) is 0.591. The highest BCUT2D eigenvalue weighted by molar-refractivity contribution is 5.83. The van der Waals surface area contributed by atoms with Crippen LogP contribution in [0.3, 0.4) is 0 Å². The van der Waals surface area contributed by atoms with Gasteiger partial charge in [-0.1, -0.05) is 43.5 Å². The number of ether oxygens (including phenoxy) is 2. The maximum Gasteiger partial charge on any atom is 0.315 e. The molecule has 1 heterocycles. The van der Waals surface area contributed by atoms with Gasteiger partial charge in [0.1, 0.15) is 12.4 Å². The molecule has 1 aromatic heterocycles. The molecule has 12 nitrogen and oxygen atoms in total. The Balaban J connectivity index is 1.53. The van der Waals surface area contributed by atoms with Crippen LogP contribution in [0, 0.1) is 20.2 Å². The van der Waals surface area contributed by atoms with Gasteiger partial charge in [-0.25, -0.2) is 4.98 Å². The van der Waals surface area contributed by atoms with E-state index in [0.29, 0.717) is 27.9 Å². The number of benzene rings is 3. The lowest BCUT2D eigenvalue weighted by molar-refractivity contribution is -0.386. The van der Waals surface area contributed by atoms with Gasteiger partial charge in [-0.05, 0) is 43.5 Å². The van der Waals surface area contributed by atoms with Crippen LogP contribution in [0.15, 0.2) is 70.6 Å². The van der Waals surface area contributed by atoms with Crippen molar-refractivity contribution < 1.29 is 19.3 Å². The Bertz CT molecular complexity index is 1730. The molecule has 1 saturated carbocycles. The van der Waals surface area contributed by atoms with Gasteiger partial charge in [0, 0.05) is 29.7 Å². The topological polar surface area (TPSA) is 152 Å². The second-order valence-electron chi connectivity index (χ2n) is 9.96. The van der Waals surface area contributed by atoms with E-state index in [0.717, 1.165) is 32.1 Å². The molecule has 1 aliphatic rings. The number of fused-ring (bicyclic) bond motifs is 1. The first-order valence-electron chi connectivity index (χ1n) is 13.7. The lowest BCUT2D eigenvalue weighted by Crippen LogP contribution is -2.25. The number of rotatable bonds is 10. The molecule has 3 aromatic carbocycles. The number of para-hydroxylation sites is 1. The largest absolute Gasteiger partial charge is 0.490 e. The van der Waals surface area contributed by atoms with E-state index in [2.05, 4.69) is 5.10 Å². The van der Waals surface area contributed by atoms with Crippen molar-refractivity contribution in [2.24, 2.45) is 5.10 Å². The Morgan fingerprint density at radius 1 is 1.00 bits per heavy atom. The van der Waals surface area contributed by atoms with E-state index >= 15 is 0 Å². The molecule has 0 saturated heterocycles. The van der Waals surface area contributed by atoms with Crippen molar-refractivity contribution >= 4 is 28.5 Å². The maximum atomic E-state index is 13.5. The maximum absolute atomic E-state index is 13.5. The molecule has 0 radical (unpaired) electrons. The predicted molar refractivity (Wildman–Crippen MR) is 157 cm³/mol. The van der Waals surface area contributed by atoms with Gasteiger partial charge in [-0.15, -0.1) is 0 Å². The van der Waals surface area contributed by atoms with Crippen LogP contribution in [-0.2, 0) is 6.61 Å². The summed E-state index contributed by atoms with van der Waals surface area (Å²) in [6.45, 7) is 1.78. The second kappa shape index (κ2) is 12.6. The molecular weight excluding hydrogens is 542 g/mol. The fourth-order valence-corrected chi connectivity index (χ4v) is 5.14. The highest BCUT2D eigenvalue weighted by Gasteiger charge is 2.24. The highest BCUT2D eigenvalue weighted by atomic mass is 16.6. The zero-order chi connectivity index (χ0) is 29.6. The molecular formula is C30H29N5O7. The summed E-state index contributed by atoms with van der Waals surface area (Å²) in [6.07, 6.45) is 6.40. The molecule has 0 unspecified atom stereocenters. The van der Waals surface area contributed by atoms with E-state index in [1.807, 2.05) is 6.07 Å². The minimum atomic E-state index is -0.597. The lowest BCUT2D eigenvalue weighted by Gasteiger charge is -2.22. The van der Waals surface area contributed by atoms with Gasteiger partial charge in [-0.3, -0.25) is 25.0 Å². The van der Waals surface area contributed by atoms with Crippen LogP contribution >= 0.6 is 0 Å². The summed E-state index contributed by atoms with van der Waals surface area (Å²) in [6, 6.07) is 15.8. The van der Waals surface area contributed by atoms with Crippen molar-refractivity contribution in [2.75, 3.05) is 6.61 Å². The molecule has 0 atom stereocenters. The van der Waals surface area contributed by atoms with Gasteiger partial charge >= 0.3 is 5.69 Å². The van der Waals surface area contributed by atoms with Gasteiger partial charge in [0.25, 0.3) is 11.2 Å². The average molecular weight is 572 g/mol. The van der Waals surface area contributed by atoms with Crippen molar-refractivity contribution in [2.45, 2.75) is 51.6 Å². The highest BCUT2D eigenvalue weighted by Crippen LogP contribution is 2.39. The first kappa shape index (κ1) is 28.4. The Labute approximate surface area is 240 Å². The van der Waals surface area contributed by atoms with Crippen LogP contribution in [0.4, 0.5) is 11.4 Å². The van der Waals surface area contributed by atoms with E-state index in [4.69, 9.17) is 14.5 Å². The molecule has 0 amide bonds. The van der Waals surface area contributed by atoms with Crippen molar-refractivity contribution in [1.29, 1.82) is 0 Å². The number of nitrogens with zero attached hydrogens (tertiary/aromatic N) is 5. The Kier molecular flexibility index (Phi) is 8.51. The van der Waals surface area contributed by atoms with E-state index in [9.17, 15) is 25.0 Å². The van der Waals surface area contributed by atoms with Gasteiger partial charge in [0.15, 0.2) is 5.75 Å². The normalized spacial score (nSPS) is 13.8. The summed E-state index contributed by atoms with van der Waals surface area (Å²) >= 11 is 0. The van der Waals surface area contributed by atoms with Crippen LogP contribution in [0.25, 0.3) is 10.9 Å². The molecule has 5 rings (SSSR count). The SMILES string of the molecule is CCOc1cc(C=Nn2c(C3CCCCC3)nc3ccccc3c2=O)cc([N+](=O)[O-])c1OCc1cccc([N+](=O)[O-])c1. The minimum absolute atomic E-state index is 0.0751. The monoisotopic (exact) mass is 571 g/mol. The summed E-state index contributed by atoms with van der Waals surface area (Å²) in [5, 5.41) is 28.1. The first-order chi connectivity index (χ1) is 20.4. The summed E-state index contributed by atoms with van der Waals surface area (Å²) < 4.78 is 12.8. The van der Waals surface area contributed by atoms with Crippen LogP contribution in [-0.4, -0.2) is 32.3 Å². The molecule has 1 fully saturated rings. The van der Waals surface area contributed by atoms with Crippen LogP contribution in [0.5, 0.6) is 11.5 Å². The second-order valence-corrected chi connectivity index (χ2v) is 9.96. The molecule has 216 valence electrons. The van der Waals surface area contributed by atoms with Crippen molar-refractivity contribution in [3.8, 4) is 11.5 Å². The number of non-ortho nitro benzene ring substituents is 1. The zero-order valence-electron chi connectivity index (χ0n) is 23.0. The third-order valence-electron chi connectivity index (χ3n) is 7.13. The Hall–Kier alpha value is -5.13. The summed E-state index contributed by atoms with van der Waals surface area (Å²) in [7, 11) is 0. The third kappa shape index (κ3) is 6.12. The predicted octanol–water partition coefficient (Wildman–Crippen LogP) is 6.12. The van der Waals surface area contributed by atoms with Gasteiger partial charge in [0.2, 0.25) is 5.75 Å². The van der Waals surface area contributed by atoms with E-state index in [-0.39, 0.29) is 47.6 Å². The van der Waals surface area contributed by atoms with E-state index < -0.39 is 9.85 Å². The molecule has 0 N–H and O–H groups in total. The number of aromatic nitrogens is 2. The van der Waals surface area contributed by atoms with Gasteiger partial charge in [-0.2, -0.15) is 9.78 Å². The molecule has 12 heteroatoms.